The van der Waals surface area contributed by atoms with Crippen LogP contribution in [0.5, 0.6) is 11.5 Å². The van der Waals surface area contributed by atoms with Crippen molar-refractivity contribution < 1.29 is 23.8 Å². The average molecular weight is 371 g/mol. The molecule has 0 saturated carbocycles. The molecule has 27 heavy (non-hydrogen) atoms. The number of carbonyl (C=O) groups excluding carboxylic acids is 2. The van der Waals surface area contributed by atoms with Gasteiger partial charge in [0.25, 0.3) is 5.91 Å². The fourth-order valence-corrected chi connectivity index (χ4v) is 2.30. The quantitative estimate of drug-likeness (QED) is 0.531. The fourth-order valence-electron chi connectivity index (χ4n) is 2.30. The molecule has 2 rings (SSSR count). The van der Waals surface area contributed by atoms with Gasteiger partial charge in [0.15, 0.2) is 6.10 Å². The van der Waals surface area contributed by atoms with Crippen LogP contribution in [0.2, 0.25) is 0 Å². The summed E-state index contributed by atoms with van der Waals surface area (Å²) in [4.78, 5) is 24.2. The maximum absolute atomic E-state index is 12.3. The zero-order valence-electron chi connectivity index (χ0n) is 15.9. The highest BCUT2D eigenvalue weighted by atomic mass is 16.5. The minimum absolute atomic E-state index is 0.303. The number of nitrogens with one attached hydrogen (secondary N) is 1. The van der Waals surface area contributed by atoms with Crippen molar-refractivity contribution in [2.24, 2.45) is 0 Å². The van der Waals surface area contributed by atoms with Crippen LogP contribution in [-0.2, 0) is 9.53 Å². The second-order valence-corrected chi connectivity index (χ2v) is 5.96. The van der Waals surface area contributed by atoms with Crippen LogP contribution in [0.15, 0.2) is 48.5 Å². The average Bonchev–Trinajstić information content (AvgIpc) is 2.69. The first-order valence-corrected chi connectivity index (χ1v) is 8.93. The van der Waals surface area contributed by atoms with Gasteiger partial charge in [-0.15, -0.1) is 0 Å². The van der Waals surface area contributed by atoms with E-state index >= 15 is 0 Å². The Hall–Kier alpha value is -3.02. The molecule has 0 aliphatic rings. The molecule has 144 valence electrons. The van der Waals surface area contributed by atoms with Gasteiger partial charge in [-0.25, -0.2) is 4.79 Å². The van der Waals surface area contributed by atoms with Gasteiger partial charge in [-0.3, -0.25) is 4.79 Å². The van der Waals surface area contributed by atoms with E-state index < -0.39 is 6.10 Å². The zero-order chi connectivity index (χ0) is 19.6. The van der Waals surface area contributed by atoms with Crippen LogP contribution in [0.3, 0.4) is 0 Å². The van der Waals surface area contributed by atoms with Gasteiger partial charge in [-0.05, 0) is 49.7 Å². The normalized spacial score (nSPS) is 11.4. The molecule has 6 nitrogen and oxygen atoms in total. The molecule has 0 aromatic heterocycles. The lowest BCUT2D eigenvalue weighted by molar-refractivity contribution is -0.122. The number of carbonyl (C=O) groups is 2. The second-order valence-electron chi connectivity index (χ2n) is 5.96. The second kappa shape index (κ2) is 10.2. The number of esters is 1. The van der Waals surface area contributed by atoms with Crippen LogP contribution >= 0.6 is 0 Å². The Morgan fingerprint density at radius 1 is 1.07 bits per heavy atom. The molecule has 1 atom stereocenters. The van der Waals surface area contributed by atoms with E-state index in [-0.39, 0.29) is 11.9 Å². The van der Waals surface area contributed by atoms with Crippen LogP contribution < -0.4 is 14.8 Å². The lowest BCUT2D eigenvalue weighted by Crippen LogP contribution is -2.30. The Morgan fingerprint density at radius 2 is 1.78 bits per heavy atom. The number of unbranched alkanes of at least 4 members (excludes halogenated alkanes) is 1. The molecular weight excluding hydrogens is 346 g/mol. The number of ether oxygens (including phenoxy) is 3. The van der Waals surface area contributed by atoms with Crippen molar-refractivity contribution in [3.8, 4) is 11.5 Å². The molecule has 0 radical (unpaired) electrons. The van der Waals surface area contributed by atoms with Gasteiger partial charge < -0.3 is 19.5 Å². The zero-order valence-corrected chi connectivity index (χ0v) is 15.9. The molecule has 1 amide bonds. The van der Waals surface area contributed by atoms with Crippen molar-refractivity contribution in [1.29, 1.82) is 0 Å². The highest BCUT2D eigenvalue weighted by Gasteiger charge is 2.17. The number of amides is 1. The molecule has 0 fully saturated rings. The first-order chi connectivity index (χ1) is 13.0. The third-order valence-electron chi connectivity index (χ3n) is 3.87. The number of methoxy groups -OCH3 is 1. The van der Waals surface area contributed by atoms with Gasteiger partial charge in [-0.1, -0.05) is 25.5 Å². The monoisotopic (exact) mass is 371 g/mol. The van der Waals surface area contributed by atoms with Crippen LogP contribution in [0, 0.1) is 0 Å². The molecule has 6 heteroatoms. The SMILES string of the molecule is CCCCOC(=O)c1ccc(O[C@@H](C)C(=O)Nc2ccccc2OC)cc1. The summed E-state index contributed by atoms with van der Waals surface area (Å²) in [5.41, 5.74) is 1.02. The summed E-state index contributed by atoms with van der Waals surface area (Å²) < 4.78 is 16.0. The number of para-hydroxylation sites is 2. The summed E-state index contributed by atoms with van der Waals surface area (Å²) in [5.74, 6) is 0.395. The minimum Gasteiger partial charge on any atom is -0.495 e. The van der Waals surface area contributed by atoms with E-state index in [1.54, 1.807) is 50.4 Å². The van der Waals surface area contributed by atoms with Crippen molar-refractivity contribution >= 4 is 17.6 Å². The third kappa shape index (κ3) is 6.02. The number of benzene rings is 2. The maximum Gasteiger partial charge on any atom is 0.338 e. The first-order valence-electron chi connectivity index (χ1n) is 8.93. The lowest BCUT2D eigenvalue weighted by Gasteiger charge is -2.16. The van der Waals surface area contributed by atoms with Gasteiger partial charge in [0.1, 0.15) is 11.5 Å². The predicted octanol–water partition coefficient (Wildman–Crippen LogP) is 4.06. The van der Waals surface area contributed by atoms with E-state index in [0.29, 0.717) is 29.4 Å². The molecule has 0 bridgehead atoms. The number of rotatable bonds is 9. The van der Waals surface area contributed by atoms with Gasteiger partial charge in [0, 0.05) is 0 Å². The van der Waals surface area contributed by atoms with Crippen molar-refractivity contribution in [1.82, 2.24) is 0 Å². The molecule has 0 aliphatic heterocycles. The summed E-state index contributed by atoms with van der Waals surface area (Å²) in [5, 5.41) is 2.78. The van der Waals surface area contributed by atoms with E-state index in [0.717, 1.165) is 12.8 Å². The van der Waals surface area contributed by atoms with Gasteiger partial charge in [0.05, 0.1) is 25.0 Å². The smallest absolute Gasteiger partial charge is 0.338 e. The van der Waals surface area contributed by atoms with E-state index in [2.05, 4.69) is 5.32 Å². The molecular formula is C21H25NO5. The molecule has 0 saturated heterocycles. The Labute approximate surface area is 159 Å². The summed E-state index contributed by atoms with van der Waals surface area (Å²) in [6.07, 6.45) is 1.08. The Balaban J connectivity index is 1.92. The lowest BCUT2D eigenvalue weighted by atomic mass is 10.2. The van der Waals surface area contributed by atoms with Gasteiger partial charge in [0.2, 0.25) is 0 Å². The molecule has 1 N–H and O–H groups in total. The number of anilines is 1. The topological polar surface area (TPSA) is 73.9 Å². The largest absolute Gasteiger partial charge is 0.495 e. The Bertz CT molecular complexity index is 757. The van der Waals surface area contributed by atoms with Crippen molar-refractivity contribution in [3.63, 3.8) is 0 Å². The van der Waals surface area contributed by atoms with E-state index in [1.165, 1.54) is 0 Å². The molecule has 0 spiro atoms. The summed E-state index contributed by atoms with van der Waals surface area (Å²) in [7, 11) is 1.54. The maximum atomic E-state index is 12.3. The van der Waals surface area contributed by atoms with Crippen molar-refractivity contribution in [3.05, 3.63) is 54.1 Å². The summed E-state index contributed by atoms with van der Waals surface area (Å²) >= 11 is 0. The standard InChI is InChI=1S/C21H25NO5/c1-4-5-14-26-21(24)16-10-12-17(13-11-16)27-15(2)20(23)22-18-8-6-7-9-19(18)25-3/h6-13,15H,4-5,14H2,1-3H3,(H,22,23)/t15-/m0/s1. The fraction of sp³-hybridized carbons (Fsp3) is 0.333. The third-order valence-corrected chi connectivity index (χ3v) is 3.87. The van der Waals surface area contributed by atoms with E-state index in [9.17, 15) is 9.59 Å². The summed E-state index contributed by atoms with van der Waals surface area (Å²) in [6.45, 7) is 4.09. The minimum atomic E-state index is -0.725. The predicted molar refractivity (Wildman–Crippen MR) is 103 cm³/mol. The van der Waals surface area contributed by atoms with Crippen molar-refractivity contribution in [2.75, 3.05) is 19.0 Å². The molecule has 0 unspecified atom stereocenters. The van der Waals surface area contributed by atoms with Crippen LogP contribution in [0.4, 0.5) is 5.69 Å². The van der Waals surface area contributed by atoms with Gasteiger partial charge in [-0.2, -0.15) is 0 Å². The molecule has 0 aliphatic carbocycles. The van der Waals surface area contributed by atoms with E-state index in [1.807, 2.05) is 19.1 Å². The number of hydrogen-bond acceptors (Lipinski definition) is 5. The molecule has 2 aromatic rings. The Kier molecular flexibility index (Phi) is 7.67. The van der Waals surface area contributed by atoms with Crippen molar-refractivity contribution in [2.45, 2.75) is 32.8 Å². The first kappa shape index (κ1) is 20.3. The summed E-state index contributed by atoms with van der Waals surface area (Å²) in [6, 6.07) is 13.7. The van der Waals surface area contributed by atoms with Crippen LogP contribution in [0.1, 0.15) is 37.0 Å². The van der Waals surface area contributed by atoms with Crippen LogP contribution in [-0.4, -0.2) is 31.7 Å². The molecule has 2 aromatic carbocycles. The molecule has 0 heterocycles. The Morgan fingerprint density at radius 3 is 2.44 bits per heavy atom. The highest BCUT2D eigenvalue weighted by Crippen LogP contribution is 2.23. The van der Waals surface area contributed by atoms with E-state index in [4.69, 9.17) is 14.2 Å². The van der Waals surface area contributed by atoms with Gasteiger partial charge >= 0.3 is 5.97 Å². The highest BCUT2D eigenvalue weighted by molar-refractivity contribution is 5.95. The van der Waals surface area contributed by atoms with Crippen LogP contribution in [0.25, 0.3) is 0 Å². The number of hydrogen-bond donors (Lipinski definition) is 1.